The van der Waals surface area contributed by atoms with Gasteiger partial charge in [-0.05, 0) is 45.6 Å². The fourth-order valence-electron chi connectivity index (χ4n) is 2.14. The molecule has 1 unspecified atom stereocenters. The van der Waals surface area contributed by atoms with Crippen molar-refractivity contribution in [2.24, 2.45) is 5.92 Å². The lowest BCUT2D eigenvalue weighted by atomic mass is 10.1. The Morgan fingerprint density at radius 3 is 2.62 bits per heavy atom. The third-order valence-corrected chi connectivity index (χ3v) is 3.44. The van der Waals surface area contributed by atoms with Crippen molar-refractivity contribution >= 4 is 5.78 Å². The van der Waals surface area contributed by atoms with Gasteiger partial charge in [-0.25, -0.2) is 0 Å². The lowest BCUT2D eigenvalue weighted by molar-refractivity contribution is -0.117. The molecule has 3 heteroatoms. The molecule has 0 aromatic heterocycles. The fraction of sp³-hybridized carbons (Fsp3) is 0.923. The molecule has 0 aromatic carbocycles. The van der Waals surface area contributed by atoms with Crippen molar-refractivity contribution in [2.45, 2.75) is 45.6 Å². The maximum Gasteiger partial charge on any atom is 0.129 e. The molecule has 1 aliphatic rings. The van der Waals surface area contributed by atoms with Crippen LogP contribution in [0.4, 0.5) is 0 Å². The first kappa shape index (κ1) is 13.7. The first-order valence-electron chi connectivity index (χ1n) is 6.37. The number of nitrogens with zero attached hydrogens (tertiary/aromatic N) is 1. The monoisotopic (exact) mass is 227 g/mol. The Labute approximate surface area is 99.1 Å². The van der Waals surface area contributed by atoms with Crippen molar-refractivity contribution in [3.8, 4) is 0 Å². The summed E-state index contributed by atoms with van der Waals surface area (Å²) in [5, 5.41) is 0. The average Bonchev–Trinajstić information content (AvgIpc) is 3.05. The fourth-order valence-corrected chi connectivity index (χ4v) is 2.14. The zero-order chi connectivity index (χ0) is 12.0. The number of carbonyl (C=O) groups is 1. The summed E-state index contributed by atoms with van der Waals surface area (Å²) < 4.78 is 5.14. The van der Waals surface area contributed by atoms with Crippen molar-refractivity contribution in [1.29, 1.82) is 0 Å². The van der Waals surface area contributed by atoms with Gasteiger partial charge in [-0.3, -0.25) is 4.90 Å². The molecule has 1 atom stereocenters. The summed E-state index contributed by atoms with van der Waals surface area (Å²) in [6, 6.07) is 0.655. The van der Waals surface area contributed by atoms with Crippen LogP contribution < -0.4 is 0 Å². The van der Waals surface area contributed by atoms with Gasteiger partial charge in [0.15, 0.2) is 0 Å². The maximum atomic E-state index is 10.9. The summed E-state index contributed by atoms with van der Waals surface area (Å²) in [5.74, 6) is 1.18. The highest BCUT2D eigenvalue weighted by Gasteiger charge is 2.31. The van der Waals surface area contributed by atoms with Gasteiger partial charge in [0.1, 0.15) is 5.78 Å². The highest BCUT2D eigenvalue weighted by Crippen LogP contribution is 2.35. The van der Waals surface area contributed by atoms with Crippen LogP contribution in [0.15, 0.2) is 0 Å². The quantitative estimate of drug-likeness (QED) is 0.604. The summed E-state index contributed by atoms with van der Waals surface area (Å²) in [4.78, 5) is 13.4. The van der Waals surface area contributed by atoms with Gasteiger partial charge in [0.2, 0.25) is 0 Å². The van der Waals surface area contributed by atoms with E-state index in [1.165, 1.54) is 12.8 Å². The van der Waals surface area contributed by atoms with E-state index in [0.717, 1.165) is 32.0 Å². The van der Waals surface area contributed by atoms with E-state index in [4.69, 9.17) is 4.74 Å². The first-order chi connectivity index (χ1) is 7.65. The minimum Gasteiger partial charge on any atom is -0.383 e. The minimum absolute atomic E-state index is 0.297. The number of methoxy groups -OCH3 is 1. The lowest BCUT2D eigenvalue weighted by Gasteiger charge is -2.28. The second-order valence-electron chi connectivity index (χ2n) is 4.91. The molecule has 1 saturated carbocycles. The SMILES string of the molecule is COCCN(CCCC(C)=O)C(C)C1CC1. The van der Waals surface area contributed by atoms with E-state index in [-0.39, 0.29) is 0 Å². The molecule has 0 aromatic rings. The van der Waals surface area contributed by atoms with E-state index in [2.05, 4.69) is 11.8 Å². The highest BCUT2D eigenvalue weighted by molar-refractivity contribution is 5.75. The third-order valence-electron chi connectivity index (χ3n) is 3.44. The average molecular weight is 227 g/mol. The van der Waals surface area contributed by atoms with Gasteiger partial charge in [-0.1, -0.05) is 0 Å². The largest absolute Gasteiger partial charge is 0.383 e. The van der Waals surface area contributed by atoms with Crippen molar-refractivity contribution in [3.05, 3.63) is 0 Å². The number of carbonyl (C=O) groups excluding carboxylic acids is 1. The zero-order valence-electron chi connectivity index (χ0n) is 10.9. The molecule has 0 spiro atoms. The molecule has 0 amide bonds. The van der Waals surface area contributed by atoms with Crippen LogP contribution in [-0.4, -0.2) is 43.5 Å². The summed E-state index contributed by atoms with van der Waals surface area (Å²) in [5.41, 5.74) is 0. The standard InChI is InChI=1S/C13H25NO2/c1-11(15)5-4-8-14(9-10-16-3)12(2)13-6-7-13/h12-13H,4-10H2,1-3H3. The van der Waals surface area contributed by atoms with Gasteiger partial charge in [0.25, 0.3) is 0 Å². The van der Waals surface area contributed by atoms with Gasteiger partial charge in [-0.2, -0.15) is 0 Å². The van der Waals surface area contributed by atoms with Crippen LogP contribution in [0, 0.1) is 5.92 Å². The van der Waals surface area contributed by atoms with Crippen LogP contribution in [-0.2, 0) is 9.53 Å². The van der Waals surface area contributed by atoms with E-state index in [1.54, 1.807) is 14.0 Å². The van der Waals surface area contributed by atoms with Gasteiger partial charge < -0.3 is 9.53 Å². The summed E-state index contributed by atoms with van der Waals surface area (Å²) in [7, 11) is 1.75. The summed E-state index contributed by atoms with van der Waals surface area (Å²) in [6.45, 7) is 6.79. The number of hydrogen-bond donors (Lipinski definition) is 0. The van der Waals surface area contributed by atoms with Gasteiger partial charge >= 0.3 is 0 Å². The van der Waals surface area contributed by atoms with Crippen molar-refractivity contribution in [2.75, 3.05) is 26.8 Å². The van der Waals surface area contributed by atoms with Crippen LogP contribution >= 0.6 is 0 Å². The molecule has 1 fully saturated rings. The van der Waals surface area contributed by atoms with Gasteiger partial charge in [-0.15, -0.1) is 0 Å². The number of hydrogen-bond acceptors (Lipinski definition) is 3. The molecule has 1 aliphatic carbocycles. The molecule has 0 aliphatic heterocycles. The molecular weight excluding hydrogens is 202 g/mol. The summed E-state index contributed by atoms with van der Waals surface area (Å²) in [6.07, 6.45) is 4.44. The van der Waals surface area contributed by atoms with E-state index < -0.39 is 0 Å². The molecule has 16 heavy (non-hydrogen) atoms. The Balaban J connectivity index is 2.27. The maximum absolute atomic E-state index is 10.9. The van der Waals surface area contributed by atoms with Crippen LogP contribution in [0.25, 0.3) is 0 Å². The summed E-state index contributed by atoms with van der Waals surface area (Å²) >= 11 is 0. The third kappa shape index (κ3) is 5.08. The molecule has 1 rings (SSSR count). The van der Waals surface area contributed by atoms with Crippen LogP contribution in [0.5, 0.6) is 0 Å². The topological polar surface area (TPSA) is 29.5 Å². The van der Waals surface area contributed by atoms with Gasteiger partial charge in [0, 0.05) is 26.1 Å². The molecule has 0 heterocycles. The Morgan fingerprint density at radius 1 is 1.44 bits per heavy atom. The minimum atomic E-state index is 0.297. The molecule has 3 nitrogen and oxygen atoms in total. The van der Waals surface area contributed by atoms with E-state index in [1.807, 2.05) is 0 Å². The predicted octanol–water partition coefficient (Wildman–Crippen LogP) is 2.10. The number of rotatable bonds is 9. The highest BCUT2D eigenvalue weighted by atomic mass is 16.5. The van der Waals surface area contributed by atoms with Crippen LogP contribution in [0.3, 0.4) is 0 Å². The number of ketones is 1. The molecule has 0 saturated heterocycles. The van der Waals surface area contributed by atoms with Crippen molar-refractivity contribution in [3.63, 3.8) is 0 Å². The van der Waals surface area contributed by atoms with Crippen LogP contribution in [0.2, 0.25) is 0 Å². The predicted molar refractivity (Wildman–Crippen MR) is 65.6 cm³/mol. The van der Waals surface area contributed by atoms with E-state index in [9.17, 15) is 4.79 Å². The first-order valence-corrected chi connectivity index (χ1v) is 6.37. The Morgan fingerprint density at radius 2 is 2.12 bits per heavy atom. The molecule has 0 N–H and O–H groups in total. The van der Waals surface area contributed by atoms with Crippen LogP contribution in [0.1, 0.15) is 39.5 Å². The smallest absolute Gasteiger partial charge is 0.129 e. The second kappa shape index (κ2) is 7.02. The molecular formula is C13H25NO2. The molecule has 0 radical (unpaired) electrons. The number of Topliss-reactive ketones (excluding diaryl/α,β-unsaturated/α-hetero) is 1. The molecule has 94 valence electrons. The van der Waals surface area contributed by atoms with E-state index in [0.29, 0.717) is 18.2 Å². The van der Waals surface area contributed by atoms with E-state index >= 15 is 0 Å². The normalized spacial score (nSPS) is 17.8. The Bertz CT molecular complexity index is 214. The second-order valence-corrected chi connectivity index (χ2v) is 4.91. The van der Waals surface area contributed by atoms with Crippen molar-refractivity contribution in [1.82, 2.24) is 4.90 Å². The Kier molecular flexibility index (Phi) is 5.99. The number of ether oxygens (including phenoxy) is 1. The Hall–Kier alpha value is -0.410. The molecule has 0 bridgehead atoms. The lowest BCUT2D eigenvalue weighted by Crippen LogP contribution is -2.38. The van der Waals surface area contributed by atoms with Gasteiger partial charge in [0.05, 0.1) is 6.61 Å². The zero-order valence-corrected chi connectivity index (χ0v) is 10.9. The van der Waals surface area contributed by atoms with Crippen molar-refractivity contribution < 1.29 is 9.53 Å².